The van der Waals surface area contributed by atoms with Gasteiger partial charge in [0, 0.05) is 19.0 Å². The lowest BCUT2D eigenvalue weighted by Gasteiger charge is -2.02. The predicted octanol–water partition coefficient (Wildman–Crippen LogP) is 2.32. The zero-order valence-corrected chi connectivity index (χ0v) is 8.06. The quantitative estimate of drug-likeness (QED) is 0.558. The molecular formula is C10H14ClN. The van der Waals surface area contributed by atoms with Crippen LogP contribution in [0.3, 0.4) is 0 Å². The van der Waals surface area contributed by atoms with E-state index in [2.05, 4.69) is 36.5 Å². The number of hydrogen-bond donors (Lipinski definition) is 1. The zero-order valence-electron chi connectivity index (χ0n) is 7.31. The SMILES string of the molecule is Cc1ccc(CNCCCl)cc1. The molecule has 0 saturated heterocycles. The van der Waals surface area contributed by atoms with Gasteiger partial charge in [0.25, 0.3) is 0 Å². The Kier molecular flexibility index (Phi) is 4.12. The average molecular weight is 184 g/mol. The van der Waals surface area contributed by atoms with Gasteiger partial charge in [-0.25, -0.2) is 0 Å². The molecular weight excluding hydrogens is 170 g/mol. The number of rotatable bonds is 4. The molecule has 0 radical (unpaired) electrons. The third-order valence-corrected chi connectivity index (χ3v) is 1.91. The lowest BCUT2D eigenvalue weighted by atomic mass is 10.1. The number of halogens is 1. The maximum Gasteiger partial charge on any atom is 0.0348 e. The molecule has 0 fully saturated rings. The van der Waals surface area contributed by atoms with Crippen molar-refractivity contribution < 1.29 is 0 Å². The Morgan fingerprint density at radius 2 is 1.92 bits per heavy atom. The van der Waals surface area contributed by atoms with Gasteiger partial charge in [-0.2, -0.15) is 0 Å². The minimum absolute atomic E-state index is 0.672. The van der Waals surface area contributed by atoms with Crippen LogP contribution in [0, 0.1) is 6.92 Å². The highest BCUT2D eigenvalue weighted by Gasteiger charge is 1.90. The first-order chi connectivity index (χ1) is 5.83. The van der Waals surface area contributed by atoms with Crippen LogP contribution in [0.1, 0.15) is 11.1 Å². The van der Waals surface area contributed by atoms with Gasteiger partial charge in [0.05, 0.1) is 0 Å². The molecule has 1 N–H and O–H groups in total. The molecule has 1 aromatic carbocycles. The second kappa shape index (κ2) is 5.18. The Labute approximate surface area is 78.7 Å². The molecule has 12 heavy (non-hydrogen) atoms. The molecule has 0 aliphatic heterocycles. The monoisotopic (exact) mass is 183 g/mol. The summed E-state index contributed by atoms with van der Waals surface area (Å²) in [5.41, 5.74) is 2.61. The van der Waals surface area contributed by atoms with Crippen LogP contribution in [-0.4, -0.2) is 12.4 Å². The summed E-state index contributed by atoms with van der Waals surface area (Å²) in [4.78, 5) is 0. The molecule has 0 aliphatic rings. The van der Waals surface area contributed by atoms with Crippen LogP contribution >= 0.6 is 11.6 Å². The molecule has 1 nitrogen and oxygen atoms in total. The van der Waals surface area contributed by atoms with Crippen LogP contribution in [0.5, 0.6) is 0 Å². The third-order valence-electron chi connectivity index (χ3n) is 1.72. The summed E-state index contributed by atoms with van der Waals surface area (Å²) in [6.45, 7) is 3.87. The van der Waals surface area contributed by atoms with Crippen molar-refractivity contribution in [1.82, 2.24) is 5.32 Å². The van der Waals surface area contributed by atoms with E-state index in [1.807, 2.05) is 0 Å². The number of aryl methyl sites for hydroxylation is 1. The van der Waals surface area contributed by atoms with Crippen molar-refractivity contribution in [3.63, 3.8) is 0 Å². The highest BCUT2D eigenvalue weighted by molar-refractivity contribution is 6.18. The molecule has 1 rings (SSSR count). The average Bonchev–Trinajstić information content (AvgIpc) is 2.09. The van der Waals surface area contributed by atoms with Gasteiger partial charge >= 0.3 is 0 Å². The van der Waals surface area contributed by atoms with Gasteiger partial charge in [0.1, 0.15) is 0 Å². The van der Waals surface area contributed by atoms with E-state index in [9.17, 15) is 0 Å². The van der Waals surface area contributed by atoms with E-state index < -0.39 is 0 Å². The molecule has 0 amide bonds. The maximum atomic E-state index is 5.53. The third kappa shape index (κ3) is 3.24. The first-order valence-corrected chi connectivity index (χ1v) is 4.68. The Morgan fingerprint density at radius 1 is 1.25 bits per heavy atom. The van der Waals surface area contributed by atoms with E-state index in [1.165, 1.54) is 11.1 Å². The summed E-state index contributed by atoms with van der Waals surface area (Å²) < 4.78 is 0. The van der Waals surface area contributed by atoms with Gasteiger partial charge in [-0.3, -0.25) is 0 Å². The Hall–Kier alpha value is -0.530. The Balaban J connectivity index is 2.37. The van der Waals surface area contributed by atoms with Gasteiger partial charge in [0.2, 0.25) is 0 Å². The zero-order chi connectivity index (χ0) is 8.81. The summed E-state index contributed by atoms with van der Waals surface area (Å²) in [7, 11) is 0. The fraction of sp³-hybridized carbons (Fsp3) is 0.400. The molecule has 0 aliphatic carbocycles. The number of alkyl halides is 1. The summed E-state index contributed by atoms with van der Waals surface area (Å²) in [6.07, 6.45) is 0. The second-order valence-corrected chi connectivity index (χ2v) is 3.23. The number of nitrogens with one attached hydrogen (secondary N) is 1. The van der Waals surface area contributed by atoms with E-state index in [1.54, 1.807) is 0 Å². The summed E-state index contributed by atoms with van der Waals surface area (Å²) >= 11 is 5.53. The molecule has 0 unspecified atom stereocenters. The normalized spacial score (nSPS) is 10.2. The van der Waals surface area contributed by atoms with E-state index in [-0.39, 0.29) is 0 Å². The minimum Gasteiger partial charge on any atom is -0.311 e. The van der Waals surface area contributed by atoms with Gasteiger partial charge in [0.15, 0.2) is 0 Å². The van der Waals surface area contributed by atoms with Crippen LogP contribution < -0.4 is 5.32 Å². The van der Waals surface area contributed by atoms with Crippen molar-refractivity contribution >= 4 is 11.6 Å². The van der Waals surface area contributed by atoms with Crippen molar-refractivity contribution in [2.24, 2.45) is 0 Å². The van der Waals surface area contributed by atoms with Crippen molar-refractivity contribution in [3.05, 3.63) is 35.4 Å². The minimum atomic E-state index is 0.672. The van der Waals surface area contributed by atoms with Gasteiger partial charge in [-0.05, 0) is 12.5 Å². The van der Waals surface area contributed by atoms with Crippen LogP contribution in [0.2, 0.25) is 0 Å². The lowest BCUT2D eigenvalue weighted by molar-refractivity contribution is 0.730. The molecule has 0 heterocycles. The second-order valence-electron chi connectivity index (χ2n) is 2.85. The largest absolute Gasteiger partial charge is 0.311 e. The highest BCUT2D eigenvalue weighted by Crippen LogP contribution is 2.01. The molecule has 0 atom stereocenters. The smallest absolute Gasteiger partial charge is 0.0348 e. The van der Waals surface area contributed by atoms with Gasteiger partial charge in [-0.1, -0.05) is 29.8 Å². The summed E-state index contributed by atoms with van der Waals surface area (Å²) in [5, 5.41) is 3.24. The van der Waals surface area contributed by atoms with Crippen molar-refractivity contribution in [1.29, 1.82) is 0 Å². The molecule has 0 saturated carbocycles. The van der Waals surface area contributed by atoms with E-state index >= 15 is 0 Å². The Bertz CT molecular complexity index is 218. The number of benzene rings is 1. The fourth-order valence-electron chi connectivity index (χ4n) is 1.01. The maximum absolute atomic E-state index is 5.53. The fourth-order valence-corrected chi connectivity index (χ4v) is 1.14. The van der Waals surface area contributed by atoms with Crippen LogP contribution in [-0.2, 0) is 6.54 Å². The first-order valence-electron chi connectivity index (χ1n) is 4.15. The van der Waals surface area contributed by atoms with Crippen molar-refractivity contribution in [2.45, 2.75) is 13.5 Å². The topological polar surface area (TPSA) is 12.0 Å². The van der Waals surface area contributed by atoms with Crippen molar-refractivity contribution in [2.75, 3.05) is 12.4 Å². The molecule has 2 heteroatoms. The molecule has 1 aromatic rings. The van der Waals surface area contributed by atoms with E-state index in [4.69, 9.17) is 11.6 Å². The van der Waals surface area contributed by atoms with Crippen LogP contribution in [0.25, 0.3) is 0 Å². The lowest BCUT2D eigenvalue weighted by Crippen LogP contribution is -2.15. The standard InChI is InChI=1S/C10H14ClN/c1-9-2-4-10(5-3-9)8-12-7-6-11/h2-5,12H,6-8H2,1H3. The van der Waals surface area contributed by atoms with Crippen molar-refractivity contribution in [3.8, 4) is 0 Å². The van der Waals surface area contributed by atoms with E-state index in [0.29, 0.717) is 5.88 Å². The van der Waals surface area contributed by atoms with Crippen LogP contribution in [0.15, 0.2) is 24.3 Å². The molecule has 0 bridgehead atoms. The molecule has 0 aromatic heterocycles. The summed E-state index contributed by atoms with van der Waals surface area (Å²) in [5.74, 6) is 0.672. The van der Waals surface area contributed by atoms with E-state index in [0.717, 1.165) is 13.1 Å². The van der Waals surface area contributed by atoms with Crippen LogP contribution in [0.4, 0.5) is 0 Å². The molecule has 0 spiro atoms. The summed E-state index contributed by atoms with van der Waals surface area (Å²) in [6, 6.07) is 8.52. The Morgan fingerprint density at radius 3 is 2.50 bits per heavy atom. The van der Waals surface area contributed by atoms with Gasteiger partial charge < -0.3 is 5.32 Å². The number of hydrogen-bond acceptors (Lipinski definition) is 1. The molecule has 66 valence electrons. The first kappa shape index (κ1) is 9.56. The van der Waals surface area contributed by atoms with Gasteiger partial charge in [-0.15, -0.1) is 11.6 Å². The predicted molar refractivity (Wildman–Crippen MR) is 53.6 cm³/mol. The highest BCUT2D eigenvalue weighted by atomic mass is 35.5.